The number of anilines is 1. The van der Waals surface area contributed by atoms with Gasteiger partial charge in [0, 0.05) is 22.7 Å². The van der Waals surface area contributed by atoms with Crippen molar-refractivity contribution in [1.29, 1.82) is 0 Å². The van der Waals surface area contributed by atoms with Gasteiger partial charge in [0.2, 0.25) is 0 Å². The van der Waals surface area contributed by atoms with Gasteiger partial charge in [-0.15, -0.1) is 0 Å². The highest BCUT2D eigenvalue weighted by Crippen LogP contribution is 2.29. The van der Waals surface area contributed by atoms with Crippen LogP contribution < -0.4 is 10.6 Å². The van der Waals surface area contributed by atoms with E-state index < -0.39 is 10.8 Å². The number of thiazole rings is 1. The monoisotopic (exact) mass is 458 g/mol. The number of hydrogen-bond donors (Lipinski definition) is 2. The van der Waals surface area contributed by atoms with Crippen molar-refractivity contribution in [2.24, 2.45) is 0 Å². The molecule has 2 heterocycles. The first-order chi connectivity index (χ1) is 14.4. The van der Waals surface area contributed by atoms with Crippen LogP contribution in [0.2, 0.25) is 5.02 Å². The summed E-state index contributed by atoms with van der Waals surface area (Å²) in [6.45, 7) is 0. The normalized spacial score (nSPS) is 10.7. The highest BCUT2D eigenvalue weighted by molar-refractivity contribution is 7.80. The number of hydrogen-bond acceptors (Lipinski definition) is 7. The lowest BCUT2D eigenvalue weighted by molar-refractivity contribution is -0.384. The van der Waals surface area contributed by atoms with Crippen LogP contribution >= 0.6 is 35.2 Å². The summed E-state index contributed by atoms with van der Waals surface area (Å²) in [7, 11) is 0. The summed E-state index contributed by atoms with van der Waals surface area (Å²) in [6, 6.07) is 14.6. The summed E-state index contributed by atoms with van der Waals surface area (Å²) < 4.78 is 6.21. The molecule has 0 radical (unpaired) electrons. The largest absolute Gasteiger partial charge is 0.451 e. The third kappa shape index (κ3) is 4.30. The van der Waals surface area contributed by atoms with Gasteiger partial charge in [-0.1, -0.05) is 22.9 Å². The Morgan fingerprint density at radius 2 is 1.93 bits per heavy atom. The number of thiocarbonyl (C=S) groups is 1. The third-order valence-electron chi connectivity index (χ3n) is 3.99. The molecule has 0 spiro atoms. The number of carbonyl (C=O) groups is 1. The van der Waals surface area contributed by atoms with E-state index >= 15 is 0 Å². The minimum Gasteiger partial charge on any atom is -0.451 e. The van der Waals surface area contributed by atoms with Gasteiger partial charge in [-0.05, 0) is 54.7 Å². The number of fused-ring (bicyclic) bond motifs is 1. The van der Waals surface area contributed by atoms with Crippen molar-refractivity contribution in [2.75, 3.05) is 5.32 Å². The lowest BCUT2D eigenvalue weighted by Crippen LogP contribution is -2.33. The molecular formula is C19H11ClN4O4S2. The molecule has 0 aliphatic rings. The van der Waals surface area contributed by atoms with Gasteiger partial charge in [0.1, 0.15) is 5.76 Å². The summed E-state index contributed by atoms with van der Waals surface area (Å²) in [4.78, 5) is 27.1. The van der Waals surface area contributed by atoms with Gasteiger partial charge in [-0.3, -0.25) is 20.2 Å². The molecule has 0 aliphatic heterocycles. The van der Waals surface area contributed by atoms with Gasteiger partial charge >= 0.3 is 0 Å². The average molecular weight is 459 g/mol. The number of nitro benzene ring substituents is 1. The number of nitro groups is 1. The number of furan rings is 1. The molecule has 1 amide bonds. The summed E-state index contributed by atoms with van der Waals surface area (Å²) in [6.07, 6.45) is 0. The van der Waals surface area contributed by atoms with Gasteiger partial charge in [0.15, 0.2) is 16.0 Å². The molecule has 2 aromatic heterocycles. The molecule has 0 unspecified atom stereocenters. The van der Waals surface area contributed by atoms with Crippen LogP contribution in [0.5, 0.6) is 0 Å². The summed E-state index contributed by atoms with van der Waals surface area (Å²) in [5.41, 5.74) is 1.34. The zero-order chi connectivity index (χ0) is 21.3. The minimum atomic E-state index is -0.524. The number of nitrogens with zero attached hydrogens (tertiary/aromatic N) is 2. The molecular weight excluding hydrogens is 448 g/mol. The Morgan fingerprint density at radius 3 is 2.67 bits per heavy atom. The lowest BCUT2D eigenvalue weighted by atomic mass is 10.2. The highest BCUT2D eigenvalue weighted by Gasteiger charge is 2.15. The fourth-order valence-electron chi connectivity index (χ4n) is 2.60. The van der Waals surface area contributed by atoms with Crippen molar-refractivity contribution in [3.63, 3.8) is 0 Å². The molecule has 0 aliphatic carbocycles. The maximum atomic E-state index is 12.4. The van der Waals surface area contributed by atoms with Crippen LogP contribution in [0.25, 0.3) is 21.5 Å². The van der Waals surface area contributed by atoms with Crippen LogP contribution in [0.1, 0.15) is 10.6 Å². The lowest BCUT2D eigenvalue weighted by Gasteiger charge is -2.05. The highest BCUT2D eigenvalue weighted by atomic mass is 35.5. The Hall–Kier alpha value is -3.34. The second-order valence-corrected chi connectivity index (χ2v) is 7.88. The number of rotatable bonds is 4. The van der Waals surface area contributed by atoms with E-state index in [0.717, 1.165) is 5.56 Å². The Labute approximate surface area is 183 Å². The number of benzene rings is 2. The van der Waals surface area contributed by atoms with Gasteiger partial charge < -0.3 is 9.73 Å². The molecule has 0 bridgehead atoms. The maximum Gasteiger partial charge on any atom is 0.293 e. The second kappa shape index (κ2) is 8.19. The number of non-ortho nitro benzene ring substituents is 1. The van der Waals surface area contributed by atoms with E-state index in [4.69, 9.17) is 28.2 Å². The quantitative estimate of drug-likeness (QED) is 0.244. The van der Waals surface area contributed by atoms with E-state index in [2.05, 4.69) is 15.6 Å². The molecule has 0 saturated carbocycles. The van der Waals surface area contributed by atoms with E-state index in [1.54, 1.807) is 42.5 Å². The van der Waals surface area contributed by atoms with Crippen molar-refractivity contribution >= 4 is 67.2 Å². The molecule has 0 fully saturated rings. The van der Waals surface area contributed by atoms with Gasteiger partial charge in [0.05, 0.1) is 15.1 Å². The molecule has 2 N–H and O–H groups in total. The Bertz CT molecular complexity index is 1280. The van der Waals surface area contributed by atoms with Crippen LogP contribution in [0.4, 0.5) is 10.8 Å². The molecule has 8 nitrogen and oxygen atoms in total. The Balaban J connectivity index is 1.42. The number of carbonyl (C=O) groups excluding carboxylic acids is 1. The fraction of sp³-hybridized carbons (Fsp3) is 0. The van der Waals surface area contributed by atoms with Crippen molar-refractivity contribution < 1.29 is 14.1 Å². The van der Waals surface area contributed by atoms with Crippen molar-refractivity contribution in [2.45, 2.75) is 0 Å². The standard InChI is InChI=1S/C19H11ClN4O4S2/c20-11-3-1-10(2-4-11)14-7-8-15(28-14)17(25)22-18(29)23-19-21-13-6-5-12(24(26)27)9-16(13)30-19/h1-9H,(H2,21,22,23,25,29). The Kier molecular flexibility index (Phi) is 5.44. The minimum absolute atomic E-state index is 0.0251. The second-order valence-electron chi connectivity index (χ2n) is 6.01. The third-order valence-corrected chi connectivity index (χ3v) is 5.38. The molecule has 150 valence electrons. The molecule has 0 saturated heterocycles. The van der Waals surface area contributed by atoms with Crippen LogP contribution in [-0.2, 0) is 0 Å². The predicted octanol–water partition coefficient (Wildman–Crippen LogP) is 5.24. The molecule has 2 aromatic carbocycles. The van der Waals surface area contributed by atoms with Crippen LogP contribution in [0.15, 0.2) is 59.0 Å². The van der Waals surface area contributed by atoms with Crippen molar-refractivity contribution in [3.8, 4) is 11.3 Å². The SMILES string of the molecule is O=C(NC(=S)Nc1nc2ccc([N+](=O)[O-])cc2s1)c1ccc(-c2ccc(Cl)cc2)o1. The summed E-state index contributed by atoms with van der Waals surface area (Å²) in [5.74, 6) is 0.0805. The molecule has 4 aromatic rings. The number of halogens is 1. The van der Waals surface area contributed by atoms with Crippen LogP contribution in [-0.4, -0.2) is 20.9 Å². The summed E-state index contributed by atoms with van der Waals surface area (Å²) >= 11 is 12.2. The fourth-order valence-corrected chi connectivity index (χ4v) is 3.89. The zero-order valence-electron chi connectivity index (χ0n) is 14.9. The van der Waals surface area contributed by atoms with E-state index in [-0.39, 0.29) is 16.6 Å². The van der Waals surface area contributed by atoms with E-state index in [1.807, 2.05) is 0 Å². The van der Waals surface area contributed by atoms with E-state index in [0.29, 0.717) is 26.1 Å². The first kappa shape index (κ1) is 20.0. The molecule has 30 heavy (non-hydrogen) atoms. The zero-order valence-corrected chi connectivity index (χ0v) is 17.3. The smallest absolute Gasteiger partial charge is 0.293 e. The van der Waals surface area contributed by atoms with Gasteiger partial charge in [-0.2, -0.15) is 0 Å². The molecule has 0 atom stereocenters. The average Bonchev–Trinajstić information content (AvgIpc) is 3.34. The van der Waals surface area contributed by atoms with E-state index in [1.165, 1.54) is 23.5 Å². The number of aromatic nitrogens is 1. The molecule has 11 heteroatoms. The Morgan fingerprint density at radius 1 is 1.17 bits per heavy atom. The number of nitrogens with one attached hydrogen (secondary N) is 2. The van der Waals surface area contributed by atoms with Crippen LogP contribution in [0.3, 0.4) is 0 Å². The van der Waals surface area contributed by atoms with Crippen LogP contribution in [0, 0.1) is 10.1 Å². The van der Waals surface area contributed by atoms with Crippen molar-refractivity contribution in [1.82, 2.24) is 10.3 Å². The van der Waals surface area contributed by atoms with Crippen molar-refractivity contribution in [3.05, 3.63) is 75.5 Å². The first-order valence-corrected chi connectivity index (χ1v) is 10.0. The topological polar surface area (TPSA) is 110 Å². The van der Waals surface area contributed by atoms with Gasteiger partial charge in [-0.25, -0.2) is 4.98 Å². The van der Waals surface area contributed by atoms with Gasteiger partial charge in [0.25, 0.3) is 11.6 Å². The number of amides is 1. The summed E-state index contributed by atoms with van der Waals surface area (Å²) in [5, 5.41) is 17.2. The maximum absolute atomic E-state index is 12.4. The predicted molar refractivity (Wildman–Crippen MR) is 119 cm³/mol. The molecule has 4 rings (SSSR count). The first-order valence-electron chi connectivity index (χ1n) is 8.42. The van der Waals surface area contributed by atoms with E-state index in [9.17, 15) is 14.9 Å².